The number of benzene rings is 1. The van der Waals surface area contributed by atoms with E-state index >= 15 is 0 Å². The van der Waals surface area contributed by atoms with Crippen molar-refractivity contribution in [3.05, 3.63) is 35.9 Å². The highest BCUT2D eigenvalue weighted by Crippen LogP contribution is 2.06. The number of nitrogens with one attached hydrogen (secondary N) is 1. The summed E-state index contributed by atoms with van der Waals surface area (Å²) in [5.74, 6) is 0. The molecule has 0 saturated carbocycles. The van der Waals surface area contributed by atoms with Gasteiger partial charge in [0.15, 0.2) is 0 Å². The summed E-state index contributed by atoms with van der Waals surface area (Å²) in [6.07, 6.45) is 1.64. The molecule has 0 fully saturated rings. The minimum atomic E-state index is -0.434. The highest BCUT2D eigenvalue weighted by atomic mass is 16.6. The molecule has 0 unspecified atom stereocenters. The summed E-state index contributed by atoms with van der Waals surface area (Å²) < 4.78 is 5.19. The maximum absolute atomic E-state index is 11.5. The minimum Gasteiger partial charge on any atom is -0.444 e. The van der Waals surface area contributed by atoms with E-state index in [0.717, 1.165) is 25.9 Å². The Morgan fingerprint density at radius 2 is 1.86 bits per heavy atom. The van der Waals surface area contributed by atoms with Gasteiger partial charge in [0.2, 0.25) is 0 Å². The van der Waals surface area contributed by atoms with Gasteiger partial charge in [-0.1, -0.05) is 30.3 Å². The van der Waals surface area contributed by atoms with Crippen molar-refractivity contribution in [2.75, 3.05) is 26.7 Å². The van der Waals surface area contributed by atoms with Crippen LogP contribution < -0.4 is 5.32 Å². The van der Waals surface area contributed by atoms with Crippen LogP contribution in [0, 0.1) is 0 Å². The van der Waals surface area contributed by atoms with Crippen LogP contribution in [0.2, 0.25) is 0 Å². The summed E-state index contributed by atoms with van der Waals surface area (Å²) in [7, 11) is 2.11. The molecule has 0 aromatic heterocycles. The van der Waals surface area contributed by atoms with E-state index in [1.807, 2.05) is 26.8 Å². The summed E-state index contributed by atoms with van der Waals surface area (Å²) >= 11 is 0. The molecule has 0 heterocycles. The average molecular weight is 292 g/mol. The van der Waals surface area contributed by atoms with Crippen molar-refractivity contribution in [1.29, 1.82) is 0 Å². The van der Waals surface area contributed by atoms with Gasteiger partial charge < -0.3 is 15.0 Å². The maximum atomic E-state index is 11.5. The highest BCUT2D eigenvalue weighted by molar-refractivity contribution is 5.67. The molecule has 0 atom stereocenters. The third kappa shape index (κ3) is 9.08. The van der Waals surface area contributed by atoms with Gasteiger partial charge in [-0.05, 0) is 52.8 Å². The van der Waals surface area contributed by atoms with E-state index in [2.05, 4.69) is 41.5 Å². The van der Waals surface area contributed by atoms with Crippen molar-refractivity contribution >= 4 is 6.09 Å². The third-order valence-corrected chi connectivity index (χ3v) is 3.01. The molecule has 0 saturated heterocycles. The molecule has 4 heteroatoms. The number of amides is 1. The number of hydrogen-bond acceptors (Lipinski definition) is 3. The Morgan fingerprint density at radius 1 is 1.19 bits per heavy atom. The lowest BCUT2D eigenvalue weighted by atomic mass is 10.1. The van der Waals surface area contributed by atoms with Crippen LogP contribution in [0.5, 0.6) is 0 Å². The fourth-order valence-electron chi connectivity index (χ4n) is 1.93. The first-order valence-electron chi connectivity index (χ1n) is 7.56. The summed E-state index contributed by atoms with van der Waals surface area (Å²) in [5.41, 5.74) is 0.924. The Kier molecular flexibility index (Phi) is 7.23. The molecule has 1 aromatic rings. The lowest BCUT2D eigenvalue weighted by Gasteiger charge is -2.20. The van der Waals surface area contributed by atoms with Gasteiger partial charge in [-0.25, -0.2) is 4.79 Å². The molecule has 118 valence electrons. The second-order valence-corrected chi connectivity index (χ2v) is 6.32. The first-order chi connectivity index (χ1) is 9.87. The van der Waals surface area contributed by atoms with Crippen LogP contribution >= 0.6 is 0 Å². The number of alkyl carbamates (subject to hydrolysis) is 1. The second kappa shape index (κ2) is 8.67. The Bertz CT molecular complexity index is 413. The van der Waals surface area contributed by atoms with Gasteiger partial charge in [0.25, 0.3) is 0 Å². The molecular weight excluding hydrogens is 264 g/mol. The zero-order chi connectivity index (χ0) is 15.7. The SMILES string of the molecule is CN(CCCNC(=O)OC(C)(C)C)CCc1ccccc1. The fraction of sp³-hybridized carbons (Fsp3) is 0.588. The van der Waals surface area contributed by atoms with Crippen LogP contribution in [0.4, 0.5) is 4.79 Å². The quantitative estimate of drug-likeness (QED) is 0.785. The first kappa shape index (κ1) is 17.5. The average Bonchev–Trinajstić information content (AvgIpc) is 2.40. The van der Waals surface area contributed by atoms with Crippen LogP contribution in [0.1, 0.15) is 32.8 Å². The molecule has 1 N–H and O–H groups in total. The third-order valence-electron chi connectivity index (χ3n) is 3.01. The van der Waals surface area contributed by atoms with Crippen LogP contribution in [0.25, 0.3) is 0 Å². The Labute approximate surface area is 128 Å². The molecule has 1 rings (SSSR count). The van der Waals surface area contributed by atoms with Crippen LogP contribution in [0.15, 0.2) is 30.3 Å². The molecule has 21 heavy (non-hydrogen) atoms. The summed E-state index contributed by atoms with van der Waals surface area (Å²) in [6.45, 7) is 8.22. The normalized spacial score (nSPS) is 11.5. The van der Waals surface area contributed by atoms with E-state index in [1.165, 1.54) is 5.56 Å². The molecular formula is C17H28N2O2. The van der Waals surface area contributed by atoms with Gasteiger partial charge in [0.1, 0.15) is 5.60 Å². The van der Waals surface area contributed by atoms with Gasteiger partial charge in [-0.15, -0.1) is 0 Å². The van der Waals surface area contributed by atoms with Gasteiger partial charge in [-0.3, -0.25) is 0 Å². The lowest BCUT2D eigenvalue weighted by molar-refractivity contribution is 0.0526. The van der Waals surface area contributed by atoms with Crippen molar-refractivity contribution in [2.24, 2.45) is 0 Å². The van der Waals surface area contributed by atoms with Gasteiger partial charge in [0.05, 0.1) is 0 Å². The number of ether oxygens (including phenoxy) is 1. The lowest BCUT2D eigenvalue weighted by Crippen LogP contribution is -2.34. The molecule has 0 radical (unpaired) electrons. The number of hydrogen-bond donors (Lipinski definition) is 1. The summed E-state index contributed by atoms with van der Waals surface area (Å²) in [4.78, 5) is 13.7. The summed E-state index contributed by atoms with van der Waals surface area (Å²) in [5, 5.41) is 2.78. The largest absolute Gasteiger partial charge is 0.444 e. The predicted molar refractivity (Wildman–Crippen MR) is 86.5 cm³/mol. The fourth-order valence-corrected chi connectivity index (χ4v) is 1.93. The smallest absolute Gasteiger partial charge is 0.407 e. The zero-order valence-electron chi connectivity index (χ0n) is 13.7. The zero-order valence-corrected chi connectivity index (χ0v) is 13.7. The number of rotatable bonds is 7. The molecule has 4 nitrogen and oxygen atoms in total. The molecule has 0 spiro atoms. The molecule has 0 aliphatic carbocycles. The van der Waals surface area contributed by atoms with Crippen molar-refractivity contribution in [3.8, 4) is 0 Å². The number of nitrogens with zero attached hydrogens (tertiary/aromatic N) is 1. The predicted octanol–water partition coefficient (Wildman–Crippen LogP) is 3.08. The van der Waals surface area contributed by atoms with E-state index in [1.54, 1.807) is 0 Å². The van der Waals surface area contributed by atoms with E-state index in [4.69, 9.17) is 4.74 Å². The van der Waals surface area contributed by atoms with E-state index < -0.39 is 5.60 Å². The van der Waals surface area contributed by atoms with Crippen molar-refractivity contribution in [2.45, 2.75) is 39.2 Å². The Balaban J connectivity index is 2.08. The second-order valence-electron chi connectivity index (χ2n) is 6.32. The molecule has 0 bridgehead atoms. The number of carbonyl (C=O) groups is 1. The minimum absolute atomic E-state index is 0.338. The van der Waals surface area contributed by atoms with E-state index in [0.29, 0.717) is 6.54 Å². The Hall–Kier alpha value is -1.55. The number of carbonyl (C=O) groups excluding carboxylic acids is 1. The standard InChI is InChI=1S/C17H28N2O2/c1-17(2,3)21-16(20)18-12-8-13-19(4)14-11-15-9-6-5-7-10-15/h5-7,9-10H,8,11-14H2,1-4H3,(H,18,20). The van der Waals surface area contributed by atoms with Gasteiger partial charge in [0, 0.05) is 13.1 Å². The molecule has 0 aliphatic rings. The molecule has 1 aromatic carbocycles. The van der Waals surface area contributed by atoms with Crippen LogP contribution in [0.3, 0.4) is 0 Å². The van der Waals surface area contributed by atoms with Gasteiger partial charge in [-0.2, -0.15) is 0 Å². The van der Waals surface area contributed by atoms with Gasteiger partial charge >= 0.3 is 6.09 Å². The van der Waals surface area contributed by atoms with Crippen molar-refractivity contribution in [3.63, 3.8) is 0 Å². The topological polar surface area (TPSA) is 41.6 Å². The maximum Gasteiger partial charge on any atom is 0.407 e. The molecule has 1 amide bonds. The Morgan fingerprint density at radius 3 is 2.48 bits per heavy atom. The summed E-state index contributed by atoms with van der Waals surface area (Å²) in [6, 6.07) is 10.5. The van der Waals surface area contributed by atoms with Crippen LogP contribution in [-0.2, 0) is 11.2 Å². The molecule has 0 aliphatic heterocycles. The van der Waals surface area contributed by atoms with E-state index in [-0.39, 0.29) is 6.09 Å². The van der Waals surface area contributed by atoms with Crippen molar-refractivity contribution in [1.82, 2.24) is 10.2 Å². The van der Waals surface area contributed by atoms with E-state index in [9.17, 15) is 4.79 Å². The van der Waals surface area contributed by atoms with Crippen LogP contribution in [-0.4, -0.2) is 43.3 Å². The first-order valence-corrected chi connectivity index (χ1v) is 7.56. The van der Waals surface area contributed by atoms with Crippen molar-refractivity contribution < 1.29 is 9.53 Å². The monoisotopic (exact) mass is 292 g/mol. The number of likely N-dealkylation sites (N-methyl/N-ethyl adjacent to an activating group) is 1. The highest BCUT2D eigenvalue weighted by Gasteiger charge is 2.15.